The molecule has 32 heavy (non-hydrogen) atoms. The van der Waals surface area contributed by atoms with E-state index < -0.39 is 5.92 Å². The summed E-state index contributed by atoms with van der Waals surface area (Å²) < 4.78 is 30.7. The Balaban J connectivity index is 1.32. The second kappa shape index (κ2) is 6.93. The lowest BCUT2D eigenvalue weighted by Crippen LogP contribution is -2.46. The maximum atomic E-state index is 13.5. The smallest absolute Gasteiger partial charge is 0.252 e. The van der Waals surface area contributed by atoms with Crippen LogP contribution in [-0.4, -0.2) is 54.2 Å². The van der Waals surface area contributed by atoms with Crippen LogP contribution in [0.2, 0.25) is 0 Å². The Labute approximate surface area is 183 Å². The molecule has 2 aliphatic carbocycles. The molecular formula is C22H24F2N8. The minimum Gasteiger partial charge on any atom is -0.350 e. The van der Waals surface area contributed by atoms with Gasteiger partial charge in [-0.05, 0) is 38.9 Å². The third kappa shape index (κ3) is 3.12. The van der Waals surface area contributed by atoms with Crippen molar-refractivity contribution in [1.29, 1.82) is 0 Å². The summed E-state index contributed by atoms with van der Waals surface area (Å²) in [4.78, 5) is 13.5. The molecule has 0 radical (unpaired) electrons. The quantitative estimate of drug-likeness (QED) is 0.496. The number of anilines is 1. The van der Waals surface area contributed by atoms with Crippen molar-refractivity contribution in [2.45, 2.75) is 56.7 Å². The van der Waals surface area contributed by atoms with Gasteiger partial charge in [-0.3, -0.25) is 0 Å². The summed E-state index contributed by atoms with van der Waals surface area (Å²) in [5.41, 5.74) is 4.04. The van der Waals surface area contributed by atoms with Gasteiger partial charge < -0.3 is 15.2 Å². The highest BCUT2D eigenvalue weighted by atomic mass is 19.3. The maximum absolute atomic E-state index is 13.5. The average Bonchev–Trinajstić information content (AvgIpc) is 3.27. The Morgan fingerprint density at radius 3 is 2.66 bits per heavy atom. The standard InChI is InChI=1S/C22H24F2N8/c1-12-28-20-18(32(12)16-8-22(23,24)9-16)5-13(10-26-20)17-3-4-31-19(17)11-27-21(30-31)29-15-6-14(7-15)25-2/h3-5,10-11,14-16,25H,6-9H2,1-2H3,(H,29,30)/t14-,15-. The number of nitrogens with zero attached hydrogens (tertiary/aromatic N) is 6. The number of hydrogen-bond acceptors (Lipinski definition) is 6. The first-order chi connectivity index (χ1) is 15.4. The number of hydrogen-bond donors (Lipinski definition) is 2. The van der Waals surface area contributed by atoms with Crippen molar-refractivity contribution in [2.75, 3.05) is 12.4 Å². The molecular weight excluding hydrogens is 414 g/mol. The van der Waals surface area contributed by atoms with E-state index in [1.165, 1.54) is 0 Å². The molecule has 166 valence electrons. The van der Waals surface area contributed by atoms with Gasteiger partial charge in [0.2, 0.25) is 5.95 Å². The Morgan fingerprint density at radius 2 is 1.91 bits per heavy atom. The molecule has 2 fully saturated rings. The first kappa shape index (κ1) is 19.5. The fourth-order valence-corrected chi connectivity index (χ4v) is 4.88. The highest BCUT2D eigenvalue weighted by Gasteiger charge is 2.47. The van der Waals surface area contributed by atoms with E-state index in [1.807, 2.05) is 36.9 Å². The number of halogens is 2. The number of aromatic nitrogens is 6. The third-order valence-corrected chi connectivity index (χ3v) is 6.76. The SMILES string of the molecule is CN[C@H]1C[C@H](Nc2ncc3c(-c4cnc5nc(C)n(C6CC(F)(F)C6)c5c4)ccn3n2)C1. The van der Waals surface area contributed by atoms with Crippen LogP contribution in [0.3, 0.4) is 0 Å². The summed E-state index contributed by atoms with van der Waals surface area (Å²) in [5.74, 6) is -1.27. The second-order valence-corrected chi connectivity index (χ2v) is 8.95. The van der Waals surface area contributed by atoms with Gasteiger partial charge in [0, 0.05) is 54.5 Å². The summed E-state index contributed by atoms with van der Waals surface area (Å²) in [5, 5.41) is 11.2. The summed E-state index contributed by atoms with van der Waals surface area (Å²) in [6.45, 7) is 1.84. The number of fused-ring (bicyclic) bond motifs is 2. The second-order valence-electron chi connectivity index (χ2n) is 8.95. The lowest BCUT2D eigenvalue weighted by Gasteiger charge is -2.36. The predicted octanol–water partition coefficient (Wildman–Crippen LogP) is 3.58. The topological polar surface area (TPSA) is 85.0 Å². The molecule has 0 bridgehead atoms. The summed E-state index contributed by atoms with van der Waals surface area (Å²) >= 11 is 0. The van der Waals surface area contributed by atoms with Crippen LogP contribution in [0, 0.1) is 6.92 Å². The van der Waals surface area contributed by atoms with Crippen molar-refractivity contribution < 1.29 is 8.78 Å². The third-order valence-electron chi connectivity index (χ3n) is 6.76. The molecule has 0 aliphatic heterocycles. The normalized spacial score (nSPS) is 22.8. The van der Waals surface area contributed by atoms with Crippen LogP contribution in [-0.2, 0) is 0 Å². The van der Waals surface area contributed by atoms with Crippen LogP contribution in [0.15, 0.2) is 30.7 Å². The molecule has 6 rings (SSSR count). The van der Waals surface area contributed by atoms with Crippen molar-refractivity contribution >= 4 is 22.6 Å². The van der Waals surface area contributed by atoms with E-state index in [1.54, 1.807) is 16.9 Å². The monoisotopic (exact) mass is 438 g/mol. The van der Waals surface area contributed by atoms with Crippen molar-refractivity contribution in [3.63, 3.8) is 0 Å². The van der Waals surface area contributed by atoms with Gasteiger partial charge in [0.25, 0.3) is 5.92 Å². The van der Waals surface area contributed by atoms with Gasteiger partial charge in [0.1, 0.15) is 5.82 Å². The Morgan fingerprint density at radius 1 is 1.09 bits per heavy atom. The molecule has 10 heteroatoms. The zero-order valence-electron chi connectivity index (χ0n) is 17.9. The molecule has 0 saturated heterocycles. The number of pyridine rings is 1. The highest BCUT2D eigenvalue weighted by Crippen LogP contribution is 2.47. The number of nitrogens with one attached hydrogen (secondary N) is 2. The minimum absolute atomic E-state index is 0.154. The molecule has 2 saturated carbocycles. The van der Waals surface area contributed by atoms with E-state index in [-0.39, 0.29) is 18.9 Å². The largest absolute Gasteiger partial charge is 0.350 e. The lowest BCUT2D eigenvalue weighted by atomic mass is 9.87. The molecule has 0 aromatic carbocycles. The zero-order valence-corrected chi connectivity index (χ0v) is 17.9. The van der Waals surface area contributed by atoms with Crippen LogP contribution in [0.1, 0.15) is 37.5 Å². The Kier molecular flexibility index (Phi) is 4.23. The summed E-state index contributed by atoms with van der Waals surface area (Å²) in [6, 6.07) is 4.65. The number of alkyl halides is 2. The molecule has 0 unspecified atom stereocenters. The van der Waals surface area contributed by atoms with Crippen LogP contribution < -0.4 is 10.6 Å². The highest BCUT2D eigenvalue weighted by molar-refractivity contribution is 5.85. The first-order valence-electron chi connectivity index (χ1n) is 10.9. The van der Waals surface area contributed by atoms with Crippen molar-refractivity contribution in [1.82, 2.24) is 34.4 Å². The van der Waals surface area contributed by atoms with E-state index in [0.717, 1.165) is 35.0 Å². The van der Waals surface area contributed by atoms with Gasteiger partial charge in [-0.1, -0.05) is 0 Å². The predicted molar refractivity (Wildman–Crippen MR) is 117 cm³/mol. The van der Waals surface area contributed by atoms with Crippen molar-refractivity contribution in [2.24, 2.45) is 0 Å². The van der Waals surface area contributed by atoms with E-state index in [2.05, 4.69) is 30.7 Å². The molecule has 8 nitrogen and oxygen atoms in total. The summed E-state index contributed by atoms with van der Waals surface area (Å²) in [6.07, 6.45) is 7.27. The van der Waals surface area contributed by atoms with Gasteiger partial charge in [-0.15, -0.1) is 5.10 Å². The van der Waals surface area contributed by atoms with Crippen LogP contribution >= 0.6 is 0 Å². The zero-order chi connectivity index (χ0) is 22.0. The van der Waals surface area contributed by atoms with E-state index in [9.17, 15) is 8.78 Å². The molecule has 4 heterocycles. The van der Waals surface area contributed by atoms with E-state index >= 15 is 0 Å². The van der Waals surface area contributed by atoms with E-state index in [4.69, 9.17) is 0 Å². The Bertz CT molecular complexity index is 1310. The van der Waals surface area contributed by atoms with Gasteiger partial charge >= 0.3 is 0 Å². The van der Waals surface area contributed by atoms with Crippen LogP contribution in [0.5, 0.6) is 0 Å². The lowest BCUT2D eigenvalue weighted by molar-refractivity contribution is -0.103. The molecule has 2 N–H and O–H groups in total. The molecule has 0 atom stereocenters. The number of imidazole rings is 1. The summed E-state index contributed by atoms with van der Waals surface area (Å²) in [7, 11) is 1.98. The van der Waals surface area contributed by atoms with Gasteiger partial charge in [0.05, 0.1) is 17.2 Å². The molecule has 0 spiro atoms. The van der Waals surface area contributed by atoms with Gasteiger partial charge in [0.15, 0.2) is 5.65 Å². The fraction of sp³-hybridized carbons (Fsp3) is 0.455. The average molecular weight is 438 g/mol. The first-order valence-corrected chi connectivity index (χ1v) is 10.9. The van der Waals surface area contributed by atoms with E-state index in [0.29, 0.717) is 29.5 Å². The molecule has 4 aromatic rings. The van der Waals surface area contributed by atoms with Gasteiger partial charge in [-0.25, -0.2) is 28.2 Å². The van der Waals surface area contributed by atoms with Crippen molar-refractivity contribution in [3.05, 3.63) is 36.5 Å². The fourth-order valence-electron chi connectivity index (χ4n) is 4.88. The van der Waals surface area contributed by atoms with Gasteiger partial charge in [-0.2, -0.15) is 0 Å². The molecule has 4 aromatic heterocycles. The number of aryl methyl sites for hydroxylation is 1. The minimum atomic E-state index is -2.59. The number of rotatable bonds is 5. The Hall–Kier alpha value is -3.14. The van der Waals surface area contributed by atoms with Crippen molar-refractivity contribution in [3.8, 4) is 11.1 Å². The maximum Gasteiger partial charge on any atom is 0.252 e. The van der Waals surface area contributed by atoms with Crippen LogP contribution in [0.25, 0.3) is 27.8 Å². The molecule has 0 amide bonds. The molecule has 2 aliphatic rings. The van der Waals surface area contributed by atoms with Crippen LogP contribution in [0.4, 0.5) is 14.7 Å².